The van der Waals surface area contributed by atoms with Gasteiger partial charge in [-0.3, -0.25) is 4.79 Å². The summed E-state index contributed by atoms with van der Waals surface area (Å²) in [6.07, 6.45) is 1.85. The van der Waals surface area contributed by atoms with Gasteiger partial charge in [0.25, 0.3) is 0 Å². The maximum absolute atomic E-state index is 10.2. The lowest BCUT2D eigenvalue weighted by molar-refractivity contribution is 0.557. The van der Waals surface area contributed by atoms with Crippen LogP contribution in [0.5, 0.6) is 0 Å². The Labute approximate surface area is 69.4 Å². The largest absolute Gasteiger partial charge is 0.290 e. The predicted molar refractivity (Wildman–Crippen MR) is 48.1 cm³/mol. The van der Waals surface area contributed by atoms with Gasteiger partial charge in [0.15, 0.2) is 0 Å². The van der Waals surface area contributed by atoms with E-state index in [0.717, 1.165) is 0 Å². The summed E-state index contributed by atoms with van der Waals surface area (Å²) in [7, 11) is -1.14. The summed E-state index contributed by atoms with van der Waals surface area (Å²) in [6, 6.07) is 0. The van der Waals surface area contributed by atoms with Crippen LogP contribution in [0.2, 0.25) is 11.6 Å². The zero-order valence-electron chi connectivity index (χ0n) is 6.94. The van der Waals surface area contributed by atoms with Crippen molar-refractivity contribution in [1.29, 1.82) is 0 Å². The molecule has 59 valence electrons. The molecule has 2 unspecified atom stereocenters. The van der Waals surface area contributed by atoms with Gasteiger partial charge in [0, 0.05) is 0 Å². The Balaban J connectivity index is 4.07. The maximum Gasteiger partial charge on any atom is 0.214 e. The summed E-state index contributed by atoms with van der Waals surface area (Å²) < 4.78 is 0. The number of hydrogen-bond acceptors (Lipinski definition) is 1. The highest BCUT2D eigenvalue weighted by Crippen LogP contribution is 2.29. The molecule has 0 amide bonds. The van der Waals surface area contributed by atoms with Gasteiger partial charge in [0.2, 0.25) is 6.29 Å². The minimum absolute atomic E-state index is 0.226. The second-order valence-electron chi connectivity index (χ2n) is 3.67. The zero-order valence-corrected chi connectivity index (χ0v) is 8.85. The fourth-order valence-electron chi connectivity index (χ4n) is 0.541. The quantitative estimate of drug-likeness (QED) is 0.465. The molecule has 1 radical (unpaired) electrons. The summed E-state index contributed by atoms with van der Waals surface area (Å²) in [5, 5.41) is -0.107. The van der Waals surface area contributed by atoms with E-state index in [-0.39, 0.29) is 10.0 Å². The van der Waals surface area contributed by atoms with Crippen molar-refractivity contribution in [3.8, 4) is 0 Å². The second-order valence-corrected chi connectivity index (χ2v) is 8.54. The van der Waals surface area contributed by atoms with Gasteiger partial charge in [0.1, 0.15) is 0 Å². The average Bonchev–Trinajstić information content (AvgIpc) is 1.83. The smallest absolute Gasteiger partial charge is 0.214 e. The molecule has 0 N–H and O–H groups in total. The molecule has 10 heavy (non-hydrogen) atoms. The molecular weight excluding hydrogens is 164 g/mol. The lowest BCUT2D eigenvalue weighted by Crippen LogP contribution is -2.33. The Morgan fingerprint density at radius 2 is 1.90 bits per heavy atom. The van der Waals surface area contributed by atoms with Gasteiger partial charge in [-0.1, -0.05) is 27.3 Å². The van der Waals surface area contributed by atoms with Crippen LogP contribution in [0.15, 0.2) is 0 Å². The molecule has 0 saturated carbocycles. The minimum atomic E-state index is -1.14. The molecular formula is C7H14ClOSi. The topological polar surface area (TPSA) is 17.1 Å². The third-order valence-corrected chi connectivity index (χ3v) is 6.89. The van der Waals surface area contributed by atoms with Crippen molar-refractivity contribution in [2.75, 3.05) is 0 Å². The van der Waals surface area contributed by atoms with Gasteiger partial charge in [-0.15, -0.1) is 11.6 Å². The van der Waals surface area contributed by atoms with Crippen molar-refractivity contribution in [3.05, 3.63) is 0 Å². The molecule has 0 bridgehead atoms. The lowest BCUT2D eigenvalue weighted by Gasteiger charge is -2.26. The Morgan fingerprint density at radius 3 is 2.00 bits per heavy atom. The van der Waals surface area contributed by atoms with Crippen LogP contribution in [0.1, 0.15) is 20.8 Å². The summed E-state index contributed by atoms with van der Waals surface area (Å²) in [6.45, 7) is 8.46. The van der Waals surface area contributed by atoms with E-state index in [0.29, 0.717) is 0 Å². The van der Waals surface area contributed by atoms with Crippen LogP contribution in [-0.2, 0) is 4.79 Å². The molecule has 2 atom stereocenters. The van der Waals surface area contributed by atoms with Gasteiger partial charge in [0.05, 0.1) is 13.8 Å². The molecule has 0 aromatic rings. The second kappa shape index (κ2) is 3.53. The van der Waals surface area contributed by atoms with Gasteiger partial charge < -0.3 is 0 Å². The van der Waals surface area contributed by atoms with E-state index in [4.69, 9.17) is 11.6 Å². The van der Waals surface area contributed by atoms with E-state index in [9.17, 15) is 4.79 Å². The first-order valence-corrected chi connectivity index (χ1v) is 6.25. The molecule has 0 rings (SSSR count). The molecule has 0 aromatic carbocycles. The Hall–Kier alpha value is 0.177. The fraction of sp³-hybridized carbons (Fsp3) is 0.857. The Morgan fingerprint density at radius 1 is 1.50 bits per heavy atom. The van der Waals surface area contributed by atoms with E-state index < -0.39 is 8.80 Å². The van der Waals surface area contributed by atoms with Gasteiger partial charge in [-0.2, -0.15) is 0 Å². The summed E-state index contributed by atoms with van der Waals surface area (Å²) in [5.74, 6) is 0. The van der Waals surface area contributed by atoms with Gasteiger partial charge >= 0.3 is 0 Å². The Bertz CT molecular complexity index is 119. The molecule has 3 heteroatoms. The third-order valence-electron chi connectivity index (χ3n) is 1.92. The van der Waals surface area contributed by atoms with E-state index >= 15 is 0 Å². The van der Waals surface area contributed by atoms with E-state index in [2.05, 4.69) is 27.3 Å². The van der Waals surface area contributed by atoms with Crippen LogP contribution in [-0.4, -0.2) is 20.1 Å². The SMILES string of the molecule is C[SiH](C(Cl)[C]=O)C(C)(C)C. The van der Waals surface area contributed by atoms with Crippen LogP contribution in [0.4, 0.5) is 0 Å². The zero-order chi connectivity index (χ0) is 8.36. The highest BCUT2D eigenvalue weighted by atomic mass is 35.5. The number of rotatable bonds is 2. The molecule has 0 spiro atoms. The number of carbonyl (C=O) groups excluding carboxylic acids is 1. The summed E-state index contributed by atoms with van der Waals surface area (Å²) >= 11 is 5.74. The minimum Gasteiger partial charge on any atom is -0.290 e. The van der Waals surface area contributed by atoms with Crippen LogP contribution in [0.25, 0.3) is 0 Å². The van der Waals surface area contributed by atoms with Crippen molar-refractivity contribution >= 4 is 26.7 Å². The van der Waals surface area contributed by atoms with Gasteiger partial charge in [-0.05, 0) is 5.04 Å². The summed E-state index contributed by atoms with van der Waals surface area (Å²) in [5.41, 5.74) is 0. The molecule has 0 fully saturated rings. The summed E-state index contributed by atoms with van der Waals surface area (Å²) in [4.78, 5) is 10.2. The van der Waals surface area contributed by atoms with Crippen molar-refractivity contribution in [2.24, 2.45) is 0 Å². The lowest BCUT2D eigenvalue weighted by atomic mass is 10.2. The van der Waals surface area contributed by atoms with Crippen molar-refractivity contribution in [2.45, 2.75) is 37.4 Å². The first-order valence-electron chi connectivity index (χ1n) is 3.41. The fourth-order valence-corrected chi connectivity index (χ4v) is 2.76. The normalized spacial score (nSPS) is 18.1. The van der Waals surface area contributed by atoms with Gasteiger partial charge in [-0.25, -0.2) is 0 Å². The maximum atomic E-state index is 10.2. The monoisotopic (exact) mass is 177 g/mol. The molecule has 0 saturated heterocycles. The van der Waals surface area contributed by atoms with Crippen LogP contribution >= 0.6 is 11.6 Å². The Kier molecular flexibility index (Phi) is 3.60. The first kappa shape index (κ1) is 10.2. The third kappa shape index (κ3) is 2.84. The highest BCUT2D eigenvalue weighted by Gasteiger charge is 2.28. The molecule has 0 aliphatic heterocycles. The first-order chi connectivity index (χ1) is 4.39. The molecule has 0 aromatic heterocycles. The average molecular weight is 178 g/mol. The molecule has 0 aliphatic rings. The molecule has 1 nitrogen and oxygen atoms in total. The predicted octanol–water partition coefficient (Wildman–Crippen LogP) is 1.90. The van der Waals surface area contributed by atoms with Crippen LogP contribution in [0, 0.1) is 0 Å². The molecule has 0 heterocycles. The molecule has 0 aliphatic carbocycles. The van der Waals surface area contributed by atoms with Crippen molar-refractivity contribution in [3.63, 3.8) is 0 Å². The van der Waals surface area contributed by atoms with Crippen molar-refractivity contribution in [1.82, 2.24) is 0 Å². The van der Waals surface area contributed by atoms with E-state index in [1.54, 1.807) is 0 Å². The van der Waals surface area contributed by atoms with E-state index in [1.165, 1.54) is 0 Å². The number of halogens is 1. The van der Waals surface area contributed by atoms with Crippen LogP contribution in [0.3, 0.4) is 0 Å². The van der Waals surface area contributed by atoms with E-state index in [1.807, 2.05) is 6.29 Å². The number of hydrogen-bond donors (Lipinski definition) is 0. The highest BCUT2D eigenvalue weighted by molar-refractivity contribution is 6.74. The number of alkyl halides is 1. The standard InChI is InChI=1S/C7H14ClOSi/c1-7(2,3)10(4)6(8)5-9/h6,10H,1-4H3. The van der Waals surface area contributed by atoms with Crippen LogP contribution < -0.4 is 0 Å². The van der Waals surface area contributed by atoms with Crippen molar-refractivity contribution < 1.29 is 4.79 Å².